The Bertz CT molecular complexity index is 1130. The number of carbonyl (C=O) groups excluding carboxylic acids is 1. The van der Waals surface area contributed by atoms with E-state index in [1.807, 2.05) is 43.3 Å². The number of nitrogens with zero attached hydrogens (tertiary/aromatic N) is 3. The van der Waals surface area contributed by atoms with Crippen LogP contribution >= 0.6 is 23.7 Å². The second-order valence-electron chi connectivity index (χ2n) is 7.52. The molecule has 0 spiro atoms. The molecule has 35 heavy (non-hydrogen) atoms. The lowest BCUT2D eigenvalue weighted by atomic mass is 10.2. The van der Waals surface area contributed by atoms with Gasteiger partial charge in [-0.1, -0.05) is 31.3 Å². The zero-order chi connectivity index (χ0) is 24.5. The minimum absolute atomic E-state index is 0. The van der Waals surface area contributed by atoms with Crippen LogP contribution in [0.3, 0.4) is 0 Å². The van der Waals surface area contributed by atoms with Crippen LogP contribution in [-0.4, -0.2) is 62.8 Å². The monoisotopic (exact) mass is 519 g/mol. The van der Waals surface area contributed by atoms with Gasteiger partial charge in [0.1, 0.15) is 5.75 Å². The third-order valence-corrected chi connectivity index (χ3v) is 6.56. The summed E-state index contributed by atoms with van der Waals surface area (Å²) >= 11 is 1.50. The maximum absolute atomic E-state index is 13.3. The summed E-state index contributed by atoms with van der Waals surface area (Å²) in [6.45, 7) is 9.99. The third kappa shape index (κ3) is 7.34. The summed E-state index contributed by atoms with van der Waals surface area (Å²) in [4.78, 5) is 22.1. The maximum atomic E-state index is 13.3. The van der Waals surface area contributed by atoms with Crippen molar-refractivity contribution in [2.75, 3.05) is 51.9 Å². The molecular formula is C26H34ClN3O4S. The molecule has 0 atom stereocenters. The number of anilines is 1. The van der Waals surface area contributed by atoms with Gasteiger partial charge in [-0.3, -0.25) is 9.69 Å². The normalized spacial score (nSPS) is 11.0. The molecule has 3 rings (SSSR count). The molecule has 2 aromatic carbocycles. The van der Waals surface area contributed by atoms with E-state index in [1.165, 1.54) is 11.3 Å². The SMILES string of the molecule is CCOc1ccc2nc(N(CCN(CC)CC)C(=O)C=Cc3ccc(OC)c(OC)c3)sc2c1.Cl. The highest BCUT2D eigenvalue weighted by Gasteiger charge is 2.19. The zero-order valence-corrected chi connectivity index (χ0v) is 22.6. The van der Waals surface area contributed by atoms with Gasteiger partial charge in [0, 0.05) is 19.2 Å². The number of carbonyl (C=O) groups is 1. The fourth-order valence-electron chi connectivity index (χ4n) is 3.56. The summed E-state index contributed by atoms with van der Waals surface area (Å²) in [5, 5.41) is 0.678. The number of amides is 1. The number of halogens is 1. The Hall–Kier alpha value is -2.81. The van der Waals surface area contributed by atoms with Crippen LogP contribution in [0.2, 0.25) is 0 Å². The number of ether oxygens (including phenoxy) is 3. The molecule has 3 aromatic rings. The van der Waals surface area contributed by atoms with Gasteiger partial charge in [0.15, 0.2) is 16.6 Å². The van der Waals surface area contributed by atoms with Crippen molar-refractivity contribution < 1.29 is 19.0 Å². The molecule has 0 radical (unpaired) electrons. The predicted octanol–water partition coefficient (Wildman–Crippen LogP) is 5.52. The van der Waals surface area contributed by atoms with E-state index >= 15 is 0 Å². The maximum Gasteiger partial charge on any atom is 0.252 e. The van der Waals surface area contributed by atoms with Crippen LogP contribution in [0.5, 0.6) is 17.2 Å². The van der Waals surface area contributed by atoms with Crippen molar-refractivity contribution >= 4 is 51.1 Å². The van der Waals surface area contributed by atoms with Crippen molar-refractivity contribution in [2.45, 2.75) is 20.8 Å². The van der Waals surface area contributed by atoms with Crippen LogP contribution in [-0.2, 0) is 4.79 Å². The van der Waals surface area contributed by atoms with Gasteiger partial charge in [0.25, 0.3) is 5.91 Å². The lowest BCUT2D eigenvalue weighted by molar-refractivity contribution is -0.114. The van der Waals surface area contributed by atoms with Crippen LogP contribution in [0.15, 0.2) is 42.5 Å². The smallest absolute Gasteiger partial charge is 0.252 e. The molecule has 0 fully saturated rings. The Morgan fingerprint density at radius 3 is 2.40 bits per heavy atom. The molecule has 7 nitrogen and oxygen atoms in total. The molecule has 1 amide bonds. The molecule has 0 N–H and O–H groups in total. The van der Waals surface area contributed by atoms with Crippen LogP contribution in [0, 0.1) is 0 Å². The number of thiazole rings is 1. The molecule has 0 saturated carbocycles. The zero-order valence-electron chi connectivity index (χ0n) is 20.9. The Labute approximate surface area is 217 Å². The summed E-state index contributed by atoms with van der Waals surface area (Å²) in [6, 6.07) is 11.4. The summed E-state index contributed by atoms with van der Waals surface area (Å²) in [7, 11) is 3.19. The van der Waals surface area contributed by atoms with Crippen molar-refractivity contribution in [2.24, 2.45) is 0 Å². The van der Waals surface area contributed by atoms with Crippen molar-refractivity contribution in [3.05, 3.63) is 48.0 Å². The number of likely N-dealkylation sites (N-methyl/N-ethyl adjacent to an activating group) is 1. The first-order chi connectivity index (χ1) is 16.5. The number of rotatable bonds is 12. The number of methoxy groups -OCH3 is 2. The first-order valence-electron chi connectivity index (χ1n) is 11.5. The van der Waals surface area contributed by atoms with E-state index in [1.54, 1.807) is 31.3 Å². The summed E-state index contributed by atoms with van der Waals surface area (Å²) < 4.78 is 17.3. The molecule has 9 heteroatoms. The Balaban J connectivity index is 0.00000432. The van der Waals surface area contributed by atoms with Crippen molar-refractivity contribution in [1.29, 1.82) is 0 Å². The van der Waals surface area contributed by atoms with Crippen LogP contribution < -0.4 is 19.1 Å². The largest absolute Gasteiger partial charge is 0.494 e. The molecule has 1 aromatic heterocycles. The van der Waals surface area contributed by atoms with Gasteiger partial charge in [-0.2, -0.15) is 0 Å². The van der Waals surface area contributed by atoms with Crippen LogP contribution in [0.25, 0.3) is 16.3 Å². The van der Waals surface area contributed by atoms with Crippen LogP contribution in [0.4, 0.5) is 5.13 Å². The second-order valence-corrected chi connectivity index (χ2v) is 8.53. The van der Waals surface area contributed by atoms with E-state index in [0.29, 0.717) is 29.8 Å². The molecular weight excluding hydrogens is 486 g/mol. The minimum atomic E-state index is -0.119. The Morgan fingerprint density at radius 1 is 1.00 bits per heavy atom. The highest BCUT2D eigenvalue weighted by Crippen LogP contribution is 2.32. The van der Waals surface area contributed by atoms with Gasteiger partial charge in [0.05, 0.1) is 31.0 Å². The minimum Gasteiger partial charge on any atom is -0.494 e. The standard InChI is InChI=1S/C26H33N3O4S.ClH/c1-6-28(7-2)15-16-29(26-27-21-12-11-20(33-8-3)18-24(21)34-26)25(30)14-10-19-9-13-22(31-4)23(17-19)32-5;/h9-14,17-18H,6-8,15-16H2,1-5H3;1H. The van der Waals surface area contributed by atoms with Gasteiger partial charge in [-0.15, -0.1) is 12.4 Å². The highest BCUT2D eigenvalue weighted by molar-refractivity contribution is 7.22. The van der Waals surface area contributed by atoms with Gasteiger partial charge in [0.2, 0.25) is 0 Å². The Morgan fingerprint density at radius 2 is 1.74 bits per heavy atom. The summed E-state index contributed by atoms with van der Waals surface area (Å²) in [6.07, 6.45) is 3.37. The number of benzene rings is 2. The summed E-state index contributed by atoms with van der Waals surface area (Å²) in [5.41, 5.74) is 1.70. The van der Waals surface area contributed by atoms with E-state index in [2.05, 4.69) is 18.7 Å². The molecule has 0 aliphatic carbocycles. The average molecular weight is 520 g/mol. The second kappa shape index (κ2) is 13.9. The van der Waals surface area contributed by atoms with Crippen molar-refractivity contribution in [3.8, 4) is 17.2 Å². The number of hydrogen-bond acceptors (Lipinski definition) is 7. The van der Waals surface area contributed by atoms with E-state index in [-0.39, 0.29) is 18.3 Å². The van der Waals surface area contributed by atoms with Gasteiger partial charge in [-0.05, 0) is 62.0 Å². The highest BCUT2D eigenvalue weighted by atomic mass is 35.5. The first kappa shape index (κ1) is 28.4. The van der Waals surface area contributed by atoms with Crippen molar-refractivity contribution in [1.82, 2.24) is 9.88 Å². The fourth-order valence-corrected chi connectivity index (χ4v) is 4.59. The van der Waals surface area contributed by atoms with Crippen molar-refractivity contribution in [3.63, 3.8) is 0 Å². The average Bonchev–Trinajstić information content (AvgIpc) is 3.28. The Kier molecular flexibility index (Phi) is 11.3. The van der Waals surface area contributed by atoms with E-state index in [9.17, 15) is 4.79 Å². The molecule has 0 aliphatic rings. The molecule has 1 heterocycles. The van der Waals surface area contributed by atoms with Gasteiger partial charge in [-0.25, -0.2) is 4.98 Å². The fraction of sp³-hybridized carbons (Fsp3) is 0.385. The quantitative estimate of drug-likeness (QED) is 0.293. The lowest BCUT2D eigenvalue weighted by Crippen LogP contribution is -2.38. The lowest BCUT2D eigenvalue weighted by Gasteiger charge is -2.23. The first-order valence-corrected chi connectivity index (χ1v) is 12.3. The number of fused-ring (bicyclic) bond motifs is 1. The van der Waals surface area contributed by atoms with E-state index in [4.69, 9.17) is 19.2 Å². The molecule has 0 saturated heterocycles. The third-order valence-electron chi connectivity index (χ3n) is 5.52. The van der Waals surface area contributed by atoms with E-state index < -0.39 is 0 Å². The van der Waals surface area contributed by atoms with Crippen LogP contribution in [0.1, 0.15) is 26.3 Å². The molecule has 0 unspecified atom stereocenters. The molecule has 0 aliphatic heterocycles. The molecule has 0 bridgehead atoms. The predicted molar refractivity (Wildman–Crippen MR) is 147 cm³/mol. The summed E-state index contributed by atoms with van der Waals surface area (Å²) in [5.74, 6) is 1.95. The van der Waals surface area contributed by atoms with Gasteiger partial charge < -0.3 is 19.1 Å². The molecule has 190 valence electrons. The topological polar surface area (TPSA) is 64.1 Å². The van der Waals surface area contributed by atoms with E-state index in [0.717, 1.165) is 41.2 Å². The van der Waals surface area contributed by atoms with Gasteiger partial charge >= 0.3 is 0 Å². The number of aromatic nitrogens is 1. The number of hydrogen-bond donors (Lipinski definition) is 0.